The molecule has 0 aliphatic carbocycles. The van der Waals surface area contributed by atoms with Crippen molar-refractivity contribution in [2.24, 2.45) is 0 Å². The Morgan fingerprint density at radius 2 is 1.62 bits per heavy atom. The number of aliphatic hydroxyl groups excluding tert-OH is 1. The number of hydrogen-bond donors (Lipinski definition) is 2. The zero-order chi connectivity index (χ0) is 15.5. The summed E-state index contributed by atoms with van der Waals surface area (Å²) in [5.74, 6) is -0.294. The smallest absolute Gasteiger partial charge is 0.419 e. The van der Waals surface area contributed by atoms with E-state index in [0.29, 0.717) is 5.56 Å². The minimum atomic E-state index is -4.51. The molecule has 2 aromatic carbocycles. The summed E-state index contributed by atoms with van der Waals surface area (Å²) in [5.41, 5.74) is -0.444. The Morgan fingerprint density at radius 3 is 2.24 bits per heavy atom. The van der Waals surface area contributed by atoms with Gasteiger partial charge in [0, 0.05) is 0 Å². The van der Waals surface area contributed by atoms with Crippen LogP contribution in [0.2, 0.25) is 0 Å². The van der Waals surface area contributed by atoms with Crippen LogP contribution in [0.15, 0.2) is 48.5 Å². The molecule has 0 bridgehead atoms. The summed E-state index contributed by atoms with van der Waals surface area (Å²) in [5, 5.41) is 19.0. The van der Waals surface area contributed by atoms with Crippen molar-refractivity contribution in [3.8, 4) is 11.5 Å². The van der Waals surface area contributed by atoms with E-state index in [2.05, 4.69) is 0 Å². The Balaban J connectivity index is 2.08. The van der Waals surface area contributed by atoms with Gasteiger partial charge >= 0.3 is 6.18 Å². The van der Waals surface area contributed by atoms with E-state index < -0.39 is 17.8 Å². The molecular weight excluding hydrogens is 285 g/mol. The predicted molar refractivity (Wildman–Crippen MR) is 70.0 cm³/mol. The Labute approximate surface area is 119 Å². The number of aliphatic hydroxyl groups is 1. The molecule has 21 heavy (non-hydrogen) atoms. The highest BCUT2D eigenvalue weighted by Crippen LogP contribution is 2.36. The van der Waals surface area contributed by atoms with E-state index in [9.17, 15) is 18.3 Å². The topological polar surface area (TPSA) is 49.7 Å². The fraction of sp³-hybridized carbons (Fsp3) is 0.200. The minimum absolute atomic E-state index is 0.0364. The van der Waals surface area contributed by atoms with Crippen molar-refractivity contribution in [3.05, 3.63) is 59.7 Å². The highest BCUT2D eigenvalue weighted by atomic mass is 19.4. The number of phenols is 1. The first kappa shape index (κ1) is 15.2. The van der Waals surface area contributed by atoms with E-state index in [-0.39, 0.29) is 18.1 Å². The largest absolute Gasteiger partial charge is 0.508 e. The van der Waals surface area contributed by atoms with E-state index in [1.807, 2.05) is 0 Å². The van der Waals surface area contributed by atoms with Crippen LogP contribution in [0.4, 0.5) is 13.2 Å². The summed E-state index contributed by atoms with van der Waals surface area (Å²) < 4.78 is 43.4. The Kier molecular flexibility index (Phi) is 4.37. The van der Waals surface area contributed by atoms with Crippen molar-refractivity contribution in [3.63, 3.8) is 0 Å². The second-order valence-electron chi connectivity index (χ2n) is 4.41. The first-order valence-electron chi connectivity index (χ1n) is 6.14. The third-order valence-electron chi connectivity index (χ3n) is 2.87. The van der Waals surface area contributed by atoms with Crippen molar-refractivity contribution >= 4 is 0 Å². The van der Waals surface area contributed by atoms with E-state index >= 15 is 0 Å². The molecule has 112 valence electrons. The standard InChI is InChI=1S/C15H13F3O3/c16-15(17,18)12-3-1-2-4-14(12)21-9-13(20)10-5-7-11(19)8-6-10/h1-8,13,19-20H,9H2. The number of phenolic OH excluding ortho intramolecular Hbond substituents is 1. The van der Waals surface area contributed by atoms with Crippen LogP contribution in [0.3, 0.4) is 0 Å². The zero-order valence-corrected chi connectivity index (χ0v) is 10.8. The maximum absolute atomic E-state index is 12.8. The van der Waals surface area contributed by atoms with Gasteiger partial charge in [0.1, 0.15) is 24.2 Å². The number of ether oxygens (including phenoxy) is 1. The van der Waals surface area contributed by atoms with Crippen LogP contribution < -0.4 is 4.74 Å². The molecule has 1 unspecified atom stereocenters. The Hall–Kier alpha value is -2.21. The molecule has 3 nitrogen and oxygen atoms in total. The minimum Gasteiger partial charge on any atom is -0.508 e. The number of halogens is 3. The maximum atomic E-state index is 12.8. The fourth-order valence-electron chi connectivity index (χ4n) is 1.79. The van der Waals surface area contributed by atoms with Gasteiger partial charge in [-0.05, 0) is 29.8 Å². The monoisotopic (exact) mass is 298 g/mol. The molecule has 0 saturated heterocycles. The van der Waals surface area contributed by atoms with Crippen molar-refractivity contribution < 1.29 is 28.1 Å². The second kappa shape index (κ2) is 6.05. The molecule has 2 N–H and O–H groups in total. The normalized spacial score (nSPS) is 13.0. The molecule has 0 saturated carbocycles. The first-order chi connectivity index (χ1) is 9.88. The number of alkyl halides is 3. The maximum Gasteiger partial charge on any atom is 0.419 e. The SMILES string of the molecule is Oc1ccc(C(O)COc2ccccc2C(F)(F)F)cc1. The summed E-state index contributed by atoms with van der Waals surface area (Å²) in [6.07, 6.45) is -5.60. The fourth-order valence-corrected chi connectivity index (χ4v) is 1.79. The molecule has 0 fully saturated rings. The van der Waals surface area contributed by atoms with Gasteiger partial charge in [-0.3, -0.25) is 0 Å². The van der Waals surface area contributed by atoms with Crippen LogP contribution in [0.25, 0.3) is 0 Å². The lowest BCUT2D eigenvalue weighted by molar-refractivity contribution is -0.139. The van der Waals surface area contributed by atoms with Crippen molar-refractivity contribution in [2.75, 3.05) is 6.61 Å². The van der Waals surface area contributed by atoms with Gasteiger partial charge in [-0.2, -0.15) is 13.2 Å². The quantitative estimate of drug-likeness (QED) is 0.908. The molecule has 2 aromatic rings. The summed E-state index contributed by atoms with van der Waals surface area (Å²) >= 11 is 0. The summed E-state index contributed by atoms with van der Waals surface area (Å²) in [6, 6.07) is 10.5. The lowest BCUT2D eigenvalue weighted by Gasteiger charge is -2.16. The predicted octanol–water partition coefficient (Wildman–Crippen LogP) is 3.52. The van der Waals surface area contributed by atoms with Gasteiger partial charge in [0.25, 0.3) is 0 Å². The third-order valence-corrected chi connectivity index (χ3v) is 2.87. The van der Waals surface area contributed by atoms with Crippen molar-refractivity contribution in [2.45, 2.75) is 12.3 Å². The van der Waals surface area contributed by atoms with Crippen molar-refractivity contribution in [1.82, 2.24) is 0 Å². The molecular formula is C15H13F3O3. The number of benzene rings is 2. The first-order valence-corrected chi connectivity index (χ1v) is 6.14. The van der Waals surface area contributed by atoms with Crippen LogP contribution >= 0.6 is 0 Å². The molecule has 0 radical (unpaired) electrons. The molecule has 0 spiro atoms. The number of rotatable bonds is 4. The van der Waals surface area contributed by atoms with Crippen molar-refractivity contribution in [1.29, 1.82) is 0 Å². The second-order valence-corrected chi connectivity index (χ2v) is 4.41. The number of aromatic hydroxyl groups is 1. The molecule has 1 atom stereocenters. The molecule has 2 rings (SSSR count). The summed E-state index contributed by atoms with van der Waals surface area (Å²) in [6.45, 7) is -0.322. The summed E-state index contributed by atoms with van der Waals surface area (Å²) in [4.78, 5) is 0. The average Bonchev–Trinajstić information content (AvgIpc) is 2.45. The van der Waals surface area contributed by atoms with E-state index in [0.717, 1.165) is 6.07 Å². The van der Waals surface area contributed by atoms with Gasteiger partial charge in [-0.1, -0.05) is 24.3 Å². The average molecular weight is 298 g/mol. The van der Waals surface area contributed by atoms with Gasteiger partial charge in [-0.25, -0.2) is 0 Å². The lowest BCUT2D eigenvalue weighted by Crippen LogP contribution is -2.13. The Bertz CT molecular complexity index is 594. The zero-order valence-electron chi connectivity index (χ0n) is 10.8. The van der Waals surface area contributed by atoms with E-state index in [1.165, 1.54) is 42.5 Å². The highest BCUT2D eigenvalue weighted by molar-refractivity contribution is 5.35. The lowest BCUT2D eigenvalue weighted by atomic mass is 10.1. The van der Waals surface area contributed by atoms with E-state index in [1.54, 1.807) is 0 Å². The van der Waals surface area contributed by atoms with Crippen LogP contribution in [-0.2, 0) is 6.18 Å². The molecule has 0 amide bonds. The van der Waals surface area contributed by atoms with Gasteiger partial charge in [0.2, 0.25) is 0 Å². The van der Waals surface area contributed by atoms with Crippen LogP contribution in [0.5, 0.6) is 11.5 Å². The highest BCUT2D eigenvalue weighted by Gasteiger charge is 2.34. The summed E-state index contributed by atoms with van der Waals surface area (Å²) in [7, 11) is 0. The van der Waals surface area contributed by atoms with Gasteiger partial charge in [0.05, 0.1) is 5.56 Å². The molecule has 0 aromatic heterocycles. The van der Waals surface area contributed by atoms with Crippen LogP contribution in [0.1, 0.15) is 17.2 Å². The number of para-hydroxylation sites is 1. The van der Waals surface area contributed by atoms with E-state index in [4.69, 9.17) is 9.84 Å². The molecule has 0 aliphatic rings. The molecule has 6 heteroatoms. The molecule has 0 aliphatic heterocycles. The third kappa shape index (κ3) is 3.88. The van der Waals surface area contributed by atoms with Gasteiger partial charge in [0.15, 0.2) is 0 Å². The Morgan fingerprint density at radius 1 is 1.00 bits per heavy atom. The van der Waals surface area contributed by atoms with Crippen LogP contribution in [-0.4, -0.2) is 16.8 Å². The number of hydrogen-bond acceptors (Lipinski definition) is 3. The molecule has 0 heterocycles. The van der Waals surface area contributed by atoms with Gasteiger partial charge < -0.3 is 14.9 Å². The van der Waals surface area contributed by atoms with Crippen LogP contribution in [0, 0.1) is 0 Å². The van der Waals surface area contributed by atoms with Gasteiger partial charge in [-0.15, -0.1) is 0 Å².